The number of piperazine rings is 1. The summed E-state index contributed by atoms with van der Waals surface area (Å²) in [7, 11) is 1.26. The summed E-state index contributed by atoms with van der Waals surface area (Å²) in [6, 6.07) is 29.1. The van der Waals surface area contributed by atoms with Gasteiger partial charge in [0.2, 0.25) is 5.91 Å². The van der Waals surface area contributed by atoms with Crippen LogP contribution in [0.5, 0.6) is 0 Å². The van der Waals surface area contributed by atoms with Gasteiger partial charge in [0.05, 0.1) is 25.9 Å². The average Bonchev–Trinajstić information content (AvgIpc) is 3.73. The number of H-pyrrole nitrogens is 1. The third-order valence-corrected chi connectivity index (χ3v) is 7.90. The van der Waals surface area contributed by atoms with E-state index in [9.17, 15) is 14.4 Å². The van der Waals surface area contributed by atoms with Crippen LogP contribution in [-0.2, 0) is 16.1 Å². The number of carbonyl (C=O) groups is 3. The van der Waals surface area contributed by atoms with Crippen molar-refractivity contribution in [3.8, 4) is 0 Å². The van der Waals surface area contributed by atoms with E-state index in [-0.39, 0.29) is 24.2 Å². The molecule has 0 bridgehead atoms. The van der Waals surface area contributed by atoms with Gasteiger partial charge < -0.3 is 19.9 Å². The van der Waals surface area contributed by atoms with Crippen LogP contribution in [0, 0.1) is 0 Å². The highest BCUT2D eigenvalue weighted by Crippen LogP contribution is 2.29. The van der Waals surface area contributed by atoms with Gasteiger partial charge in [0.1, 0.15) is 11.7 Å². The fraction of sp³-hybridized carbons (Fsp3) is 0.242. The van der Waals surface area contributed by atoms with Crippen molar-refractivity contribution >= 4 is 28.7 Å². The van der Waals surface area contributed by atoms with Crippen LogP contribution in [0.1, 0.15) is 38.1 Å². The number of amides is 2. The van der Waals surface area contributed by atoms with Crippen molar-refractivity contribution in [1.29, 1.82) is 0 Å². The van der Waals surface area contributed by atoms with Crippen molar-refractivity contribution in [3.05, 3.63) is 120 Å². The summed E-state index contributed by atoms with van der Waals surface area (Å²) in [5.41, 5.74) is 3.56. The SMILES string of the molecule is COC(=O)c1cn(C[C@H](NC(=O)c2cc3ccccc3[nH]2)C(=O)N2CCN(C(c3ccccc3)c3ccccc3)CC2)nn1. The fourth-order valence-corrected chi connectivity index (χ4v) is 5.70. The molecule has 2 aromatic heterocycles. The number of nitrogens with one attached hydrogen (secondary N) is 2. The van der Waals surface area contributed by atoms with Crippen LogP contribution < -0.4 is 5.32 Å². The Morgan fingerprint density at radius 3 is 2.16 bits per heavy atom. The van der Waals surface area contributed by atoms with E-state index >= 15 is 0 Å². The van der Waals surface area contributed by atoms with Gasteiger partial charge in [0, 0.05) is 37.1 Å². The molecular weight excluding hydrogens is 558 g/mol. The predicted molar refractivity (Wildman–Crippen MR) is 164 cm³/mol. The molecule has 11 heteroatoms. The molecule has 0 radical (unpaired) electrons. The Balaban J connectivity index is 1.20. The topological polar surface area (TPSA) is 125 Å². The summed E-state index contributed by atoms with van der Waals surface area (Å²) in [5.74, 6) is -1.29. The van der Waals surface area contributed by atoms with Crippen LogP contribution in [0.4, 0.5) is 0 Å². The molecule has 0 saturated carbocycles. The second-order valence-electron chi connectivity index (χ2n) is 10.7. The van der Waals surface area contributed by atoms with Crippen molar-refractivity contribution in [2.45, 2.75) is 18.6 Å². The predicted octanol–water partition coefficient (Wildman–Crippen LogP) is 3.28. The lowest BCUT2D eigenvalue weighted by molar-refractivity contribution is -0.135. The number of aromatic nitrogens is 4. The zero-order valence-corrected chi connectivity index (χ0v) is 24.3. The molecule has 0 aliphatic carbocycles. The Bertz CT molecular complexity index is 1670. The quantitative estimate of drug-likeness (QED) is 0.252. The maximum Gasteiger partial charge on any atom is 0.360 e. The molecule has 0 unspecified atom stereocenters. The van der Waals surface area contributed by atoms with Crippen LogP contribution in [0.2, 0.25) is 0 Å². The Hall–Kier alpha value is -5.29. The highest BCUT2D eigenvalue weighted by atomic mass is 16.5. The fourth-order valence-electron chi connectivity index (χ4n) is 5.70. The summed E-state index contributed by atoms with van der Waals surface area (Å²) >= 11 is 0. The summed E-state index contributed by atoms with van der Waals surface area (Å²) in [6.07, 6.45) is 1.41. The number of aromatic amines is 1. The Labute approximate surface area is 254 Å². The van der Waals surface area contributed by atoms with E-state index in [2.05, 4.69) is 49.8 Å². The molecule has 1 aliphatic rings. The number of benzene rings is 3. The number of esters is 1. The summed E-state index contributed by atoms with van der Waals surface area (Å²) in [4.78, 5) is 46.6. The molecule has 1 aliphatic heterocycles. The molecule has 1 saturated heterocycles. The minimum Gasteiger partial charge on any atom is -0.464 e. The molecule has 1 atom stereocenters. The normalized spacial score (nSPS) is 14.5. The molecule has 0 spiro atoms. The Kier molecular flexibility index (Phi) is 8.46. The van der Waals surface area contributed by atoms with Crippen molar-refractivity contribution in [3.63, 3.8) is 0 Å². The van der Waals surface area contributed by atoms with Gasteiger partial charge in [-0.15, -0.1) is 5.10 Å². The molecule has 6 rings (SSSR count). The van der Waals surface area contributed by atoms with E-state index in [1.807, 2.05) is 60.7 Å². The van der Waals surface area contributed by atoms with Crippen LogP contribution in [0.25, 0.3) is 10.9 Å². The molecule has 11 nitrogen and oxygen atoms in total. The first-order valence-electron chi connectivity index (χ1n) is 14.5. The summed E-state index contributed by atoms with van der Waals surface area (Å²) in [5, 5.41) is 11.6. The Morgan fingerprint density at radius 2 is 1.52 bits per heavy atom. The van der Waals surface area contributed by atoms with Gasteiger partial charge in [-0.1, -0.05) is 84.1 Å². The summed E-state index contributed by atoms with van der Waals surface area (Å²) in [6.45, 7) is 2.26. The minimum absolute atomic E-state index is 0.00827. The number of rotatable bonds is 9. The molecule has 3 heterocycles. The third-order valence-electron chi connectivity index (χ3n) is 7.90. The number of hydrogen-bond donors (Lipinski definition) is 2. The lowest BCUT2D eigenvalue weighted by atomic mass is 9.96. The summed E-state index contributed by atoms with van der Waals surface area (Å²) < 4.78 is 6.11. The third kappa shape index (κ3) is 6.23. The minimum atomic E-state index is -0.952. The number of para-hydroxylation sites is 1. The molecular formula is C33H33N7O4. The van der Waals surface area contributed by atoms with Gasteiger partial charge in [-0.25, -0.2) is 9.48 Å². The molecule has 44 heavy (non-hydrogen) atoms. The van der Waals surface area contributed by atoms with Gasteiger partial charge in [-0.3, -0.25) is 14.5 Å². The highest BCUT2D eigenvalue weighted by molar-refractivity contribution is 6.00. The second-order valence-corrected chi connectivity index (χ2v) is 10.7. The van der Waals surface area contributed by atoms with E-state index in [0.717, 1.165) is 10.9 Å². The van der Waals surface area contributed by atoms with E-state index in [0.29, 0.717) is 31.9 Å². The average molecular weight is 592 g/mol. The van der Waals surface area contributed by atoms with Crippen molar-refractivity contribution in [2.75, 3.05) is 33.3 Å². The van der Waals surface area contributed by atoms with E-state index in [4.69, 9.17) is 4.74 Å². The van der Waals surface area contributed by atoms with Gasteiger partial charge in [0.25, 0.3) is 5.91 Å². The van der Waals surface area contributed by atoms with E-state index in [1.54, 1.807) is 11.0 Å². The number of fused-ring (bicyclic) bond motifs is 1. The number of ether oxygens (including phenoxy) is 1. The Morgan fingerprint density at radius 1 is 0.886 bits per heavy atom. The molecule has 2 amide bonds. The molecule has 3 aromatic carbocycles. The second kappa shape index (κ2) is 12.9. The van der Waals surface area contributed by atoms with E-state index < -0.39 is 17.9 Å². The maximum atomic E-state index is 14.0. The van der Waals surface area contributed by atoms with Crippen LogP contribution in [0.3, 0.4) is 0 Å². The van der Waals surface area contributed by atoms with Crippen LogP contribution in [-0.4, -0.2) is 86.9 Å². The van der Waals surface area contributed by atoms with E-state index in [1.165, 1.54) is 29.1 Å². The first-order chi connectivity index (χ1) is 21.5. The molecule has 224 valence electrons. The smallest absolute Gasteiger partial charge is 0.360 e. The number of methoxy groups -OCH3 is 1. The first kappa shape index (κ1) is 28.8. The number of hydrogen-bond acceptors (Lipinski definition) is 7. The van der Waals surface area contributed by atoms with Crippen LogP contribution >= 0.6 is 0 Å². The van der Waals surface area contributed by atoms with Crippen LogP contribution in [0.15, 0.2) is 97.2 Å². The zero-order valence-electron chi connectivity index (χ0n) is 24.3. The molecule has 1 fully saturated rings. The van der Waals surface area contributed by atoms with Gasteiger partial charge >= 0.3 is 5.97 Å². The number of carbonyl (C=O) groups excluding carboxylic acids is 3. The largest absolute Gasteiger partial charge is 0.464 e. The van der Waals surface area contributed by atoms with Gasteiger partial charge in [-0.05, 0) is 23.3 Å². The van der Waals surface area contributed by atoms with Crippen molar-refractivity contribution in [1.82, 2.24) is 35.1 Å². The van der Waals surface area contributed by atoms with Crippen molar-refractivity contribution in [2.24, 2.45) is 0 Å². The molecule has 2 N–H and O–H groups in total. The first-order valence-corrected chi connectivity index (χ1v) is 14.5. The van der Waals surface area contributed by atoms with Gasteiger partial charge in [-0.2, -0.15) is 0 Å². The maximum absolute atomic E-state index is 14.0. The standard InChI is InChI=1S/C33H33N7O4/c1-44-33(43)29-22-40(37-36-29)21-28(35-31(41)27-20-25-14-8-9-15-26(25)34-27)32(42)39-18-16-38(17-19-39)30(23-10-4-2-5-11-23)24-12-6-3-7-13-24/h2-15,20,22,28,30,34H,16-19,21H2,1H3,(H,35,41)/t28-/m0/s1. The lowest BCUT2D eigenvalue weighted by Gasteiger charge is -2.40. The monoisotopic (exact) mass is 591 g/mol. The lowest BCUT2D eigenvalue weighted by Crippen LogP contribution is -2.56. The van der Waals surface area contributed by atoms with Crippen molar-refractivity contribution < 1.29 is 19.1 Å². The highest BCUT2D eigenvalue weighted by Gasteiger charge is 2.33. The molecule has 5 aromatic rings. The zero-order chi connectivity index (χ0) is 30.5. The number of nitrogens with zero attached hydrogens (tertiary/aromatic N) is 5. The van der Waals surface area contributed by atoms with Gasteiger partial charge in [0.15, 0.2) is 5.69 Å².